The molecule has 1 saturated carbocycles. The number of nitro groups is 1. The molecule has 0 radical (unpaired) electrons. The lowest BCUT2D eigenvalue weighted by Gasteiger charge is -2.19. The highest BCUT2D eigenvalue weighted by Gasteiger charge is 2.30. The highest BCUT2D eigenvalue weighted by molar-refractivity contribution is 6.31. The summed E-state index contributed by atoms with van der Waals surface area (Å²) in [5, 5.41) is 10.7. The van der Waals surface area contributed by atoms with Crippen LogP contribution in [0.1, 0.15) is 19.3 Å². The van der Waals surface area contributed by atoms with Crippen molar-refractivity contribution in [3.8, 4) is 5.75 Å². The van der Waals surface area contributed by atoms with Crippen molar-refractivity contribution in [3.05, 3.63) is 33.1 Å². The molecule has 0 amide bonds. The van der Waals surface area contributed by atoms with E-state index in [2.05, 4.69) is 0 Å². The van der Waals surface area contributed by atoms with Gasteiger partial charge in [0.2, 0.25) is 0 Å². The Morgan fingerprint density at radius 1 is 1.53 bits per heavy atom. The van der Waals surface area contributed by atoms with Gasteiger partial charge in [0.05, 0.1) is 16.0 Å². The fraction of sp³-hybridized carbons (Fsp3) is 0.500. The van der Waals surface area contributed by atoms with Crippen LogP contribution in [-0.4, -0.2) is 17.6 Å². The summed E-state index contributed by atoms with van der Waals surface area (Å²) < 4.78 is 18.9. The second-order valence-corrected chi connectivity index (χ2v) is 4.98. The zero-order valence-electron chi connectivity index (χ0n) is 10.1. The summed E-state index contributed by atoms with van der Waals surface area (Å²) in [7, 11) is 0. The van der Waals surface area contributed by atoms with E-state index < -0.39 is 16.4 Å². The van der Waals surface area contributed by atoms with E-state index in [0.717, 1.165) is 31.4 Å². The van der Waals surface area contributed by atoms with Gasteiger partial charge < -0.3 is 10.5 Å². The summed E-state index contributed by atoms with van der Waals surface area (Å²) in [5.74, 6) is -0.660. The fourth-order valence-corrected chi connectivity index (χ4v) is 2.50. The number of hydrogen-bond donors (Lipinski definition) is 1. The monoisotopic (exact) mass is 288 g/mol. The summed E-state index contributed by atoms with van der Waals surface area (Å²) in [4.78, 5) is 10.2. The normalized spacial score (nSPS) is 22.5. The predicted octanol–water partition coefficient (Wildman–Crippen LogP) is 2.89. The number of ether oxygens (including phenoxy) is 1. The molecule has 0 aliphatic heterocycles. The zero-order chi connectivity index (χ0) is 14.0. The van der Waals surface area contributed by atoms with Crippen LogP contribution in [0, 0.1) is 21.8 Å². The average Bonchev–Trinajstić information content (AvgIpc) is 2.80. The maximum absolute atomic E-state index is 13.3. The van der Waals surface area contributed by atoms with Gasteiger partial charge in [-0.25, -0.2) is 4.39 Å². The number of halogens is 2. The van der Waals surface area contributed by atoms with Crippen molar-refractivity contribution < 1.29 is 14.1 Å². The van der Waals surface area contributed by atoms with Crippen LogP contribution >= 0.6 is 11.6 Å². The Morgan fingerprint density at radius 2 is 2.26 bits per heavy atom. The third-order valence-electron chi connectivity index (χ3n) is 3.37. The lowest BCUT2D eigenvalue weighted by atomic mass is 10.1. The molecule has 2 atom stereocenters. The first kappa shape index (κ1) is 14.0. The van der Waals surface area contributed by atoms with E-state index in [1.54, 1.807) is 0 Å². The molecule has 2 N–H and O–H groups in total. The first-order valence-corrected chi connectivity index (χ1v) is 6.41. The molecule has 104 valence electrons. The molecule has 1 fully saturated rings. The van der Waals surface area contributed by atoms with Gasteiger partial charge in [-0.1, -0.05) is 11.6 Å². The molecule has 0 bridgehead atoms. The van der Waals surface area contributed by atoms with Gasteiger partial charge in [0.25, 0.3) is 0 Å². The lowest BCUT2D eigenvalue weighted by molar-refractivity contribution is -0.386. The molecule has 2 unspecified atom stereocenters. The number of rotatable bonds is 4. The maximum atomic E-state index is 13.3. The number of nitro benzene ring substituents is 1. The van der Waals surface area contributed by atoms with Gasteiger partial charge in [-0.05, 0) is 25.8 Å². The Hall–Kier alpha value is -1.40. The first-order valence-electron chi connectivity index (χ1n) is 6.03. The van der Waals surface area contributed by atoms with Crippen molar-refractivity contribution in [1.82, 2.24) is 0 Å². The van der Waals surface area contributed by atoms with Gasteiger partial charge in [-0.2, -0.15) is 0 Å². The first-order chi connectivity index (χ1) is 9.02. The number of nitrogens with two attached hydrogens (primary N) is 1. The van der Waals surface area contributed by atoms with E-state index in [1.807, 2.05) is 0 Å². The standard InChI is InChI=1S/C12H14ClFN2O3/c13-8-4-12(10(16(17)18)5-9(8)14)19-11-3-1-2-7(11)6-15/h4-5,7,11H,1-3,6,15H2. The summed E-state index contributed by atoms with van der Waals surface area (Å²) in [6.45, 7) is 0.466. The third kappa shape index (κ3) is 2.96. The summed E-state index contributed by atoms with van der Waals surface area (Å²) in [6.07, 6.45) is 2.51. The van der Waals surface area contributed by atoms with E-state index >= 15 is 0 Å². The molecule has 0 saturated heterocycles. The predicted molar refractivity (Wildman–Crippen MR) is 68.9 cm³/mol. The van der Waals surface area contributed by atoms with Crippen LogP contribution in [0.3, 0.4) is 0 Å². The molecule has 1 aromatic carbocycles. The minimum absolute atomic E-state index is 0.00162. The van der Waals surface area contributed by atoms with Crippen LogP contribution in [0.5, 0.6) is 5.75 Å². The molecule has 1 aliphatic rings. The fourth-order valence-electron chi connectivity index (χ4n) is 2.35. The van der Waals surface area contributed by atoms with Crippen LogP contribution in [0.4, 0.5) is 10.1 Å². The number of nitrogens with zero attached hydrogens (tertiary/aromatic N) is 1. The number of benzene rings is 1. The van der Waals surface area contributed by atoms with Crippen molar-refractivity contribution in [2.45, 2.75) is 25.4 Å². The minimum Gasteiger partial charge on any atom is -0.483 e. The van der Waals surface area contributed by atoms with Crippen LogP contribution in [-0.2, 0) is 0 Å². The molecule has 1 aromatic rings. The van der Waals surface area contributed by atoms with Crippen molar-refractivity contribution in [2.24, 2.45) is 11.7 Å². The maximum Gasteiger partial charge on any atom is 0.313 e. The van der Waals surface area contributed by atoms with Gasteiger partial charge in [0, 0.05) is 12.0 Å². The summed E-state index contributed by atoms with van der Waals surface area (Å²) in [6, 6.07) is 1.94. The van der Waals surface area contributed by atoms with E-state index in [4.69, 9.17) is 22.1 Å². The molecule has 5 nitrogen and oxygen atoms in total. The van der Waals surface area contributed by atoms with Crippen molar-refractivity contribution in [2.75, 3.05) is 6.54 Å². The molecule has 2 rings (SSSR count). The smallest absolute Gasteiger partial charge is 0.313 e. The summed E-state index contributed by atoms with van der Waals surface area (Å²) >= 11 is 5.64. The van der Waals surface area contributed by atoms with E-state index in [-0.39, 0.29) is 22.8 Å². The third-order valence-corrected chi connectivity index (χ3v) is 3.66. The van der Waals surface area contributed by atoms with Gasteiger partial charge in [-0.3, -0.25) is 10.1 Å². The molecule has 0 spiro atoms. The molecule has 0 aromatic heterocycles. The average molecular weight is 289 g/mol. The van der Waals surface area contributed by atoms with E-state index in [1.165, 1.54) is 0 Å². The van der Waals surface area contributed by atoms with E-state index in [0.29, 0.717) is 6.54 Å². The van der Waals surface area contributed by atoms with Gasteiger partial charge in [0.1, 0.15) is 11.9 Å². The molecular weight excluding hydrogens is 275 g/mol. The van der Waals surface area contributed by atoms with E-state index in [9.17, 15) is 14.5 Å². The SMILES string of the molecule is NCC1CCCC1Oc1cc(Cl)c(F)cc1[N+](=O)[O-]. The quantitative estimate of drug-likeness (QED) is 0.682. The van der Waals surface area contributed by atoms with Gasteiger partial charge in [0.15, 0.2) is 5.75 Å². The zero-order valence-corrected chi connectivity index (χ0v) is 10.9. The Bertz CT molecular complexity index is 498. The second kappa shape index (κ2) is 5.71. The summed E-state index contributed by atoms with van der Waals surface area (Å²) in [5.41, 5.74) is 5.22. The molecule has 7 heteroatoms. The van der Waals surface area contributed by atoms with Crippen LogP contribution in [0.25, 0.3) is 0 Å². The van der Waals surface area contributed by atoms with Gasteiger partial charge >= 0.3 is 5.69 Å². The highest BCUT2D eigenvalue weighted by atomic mass is 35.5. The Labute approximate surface area is 114 Å². The topological polar surface area (TPSA) is 78.4 Å². The Kier molecular flexibility index (Phi) is 4.21. The number of hydrogen-bond acceptors (Lipinski definition) is 4. The largest absolute Gasteiger partial charge is 0.483 e. The molecule has 1 aliphatic carbocycles. The van der Waals surface area contributed by atoms with Crippen LogP contribution in [0.2, 0.25) is 5.02 Å². The Balaban J connectivity index is 2.28. The van der Waals surface area contributed by atoms with Gasteiger partial charge in [-0.15, -0.1) is 0 Å². The minimum atomic E-state index is -0.831. The van der Waals surface area contributed by atoms with Crippen LogP contribution < -0.4 is 10.5 Å². The van der Waals surface area contributed by atoms with Crippen molar-refractivity contribution >= 4 is 17.3 Å². The van der Waals surface area contributed by atoms with Crippen molar-refractivity contribution in [3.63, 3.8) is 0 Å². The molecular formula is C12H14ClFN2O3. The highest BCUT2D eigenvalue weighted by Crippen LogP contribution is 2.36. The lowest BCUT2D eigenvalue weighted by Crippen LogP contribution is -2.27. The molecule has 0 heterocycles. The molecule has 19 heavy (non-hydrogen) atoms. The Morgan fingerprint density at radius 3 is 2.89 bits per heavy atom. The second-order valence-electron chi connectivity index (χ2n) is 4.57. The van der Waals surface area contributed by atoms with Crippen LogP contribution in [0.15, 0.2) is 12.1 Å². The van der Waals surface area contributed by atoms with Crippen molar-refractivity contribution in [1.29, 1.82) is 0 Å².